The molecule has 1 aromatic carbocycles. The zero-order chi connectivity index (χ0) is 11.7. The molecule has 1 aliphatic rings. The van der Waals surface area contributed by atoms with Crippen molar-refractivity contribution in [2.45, 2.75) is 6.42 Å². The van der Waals surface area contributed by atoms with Crippen LogP contribution in [0.2, 0.25) is 0 Å². The quantitative estimate of drug-likeness (QED) is 0.735. The van der Waals surface area contributed by atoms with Crippen LogP contribution in [0.5, 0.6) is 0 Å². The van der Waals surface area contributed by atoms with Crippen LogP contribution in [0.15, 0.2) is 12.1 Å². The van der Waals surface area contributed by atoms with Crippen molar-refractivity contribution in [1.29, 1.82) is 0 Å². The first-order valence-electron chi connectivity index (χ1n) is 4.79. The van der Waals surface area contributed by atoms with Gasteiger partial charge in [-0.3, -0.25) is 4.90 Å². The Labute approximate surface area is 89.9 Å². The fourth-order valence-corrected chi connectivity index (χ4v) is 1.58. The number of hydrogen-bond acceptors (Lipinski definition) is 1. The molecule has 1 heterocycles. The lowest BCUT2D eigenvalue weighted by molar-refractivity contribution is 0.242. The van der Waals surface area contributed by atoms with Crippen LogP contribution < -0.4 is 10.2 Å². The van der Waals surface area contributed by atoms with E-state index in [2.05, 4.69) is 5.32 Å². The highest BCUT2D eigenvalue weighted by Crippen LogP contribution is 2.23. The summed E-state index contributed by atoms with van der Waals surface area (Å²) >= 11 is 0. The van der Waals surface area contributed by atoms with Crippen molar-refractivity contribution in [1.82, 2.24) is 5.32 Å². The Morgan fingerprint density at radius 1 is 1.12 bits per heavy atom. The first-order valence-corrected chi connectivity index (χ1v) is 4.79. The summed E-state index contributed by atoms with van der Waals surface area (Å²) in [6.45, 7) is 0.786. The molecule has 0 aliphatic carbocycles. The lowest BCUT2D eigenvalue weighted by atomic mass is 10.2. The number of carbonyl (C=O) groups is 1. The monoisotopic (exact) mass is 230 g/mol. The third-order valence-corrected chi connectivity index (χ3v) is 2.36. The Morgan fingerprint density at radius 2 is 1.81 bits per heavy atom. The van der Waals surface area contributed by atoms with Gasteiger partial charge in [0.25, 0.3) is 0 Å². The summed E-state index contributed by atoms with van der Waals surface area (Å²) in [6.07, 6.45) is 0.629. The number of halogens is 3. The van der Waals surface area contributed by atoms with E-state index < -0.39 is 23.5 Å². The molecule has 1 aromatic rings. The van der Waals surface area contributed by atoms with Crippen LogP contribution in [0.25, 0.3) is 0 Å². The summed E-state index contributed by atoms with van der Waals surface area (Å²) in [6, 6.07) is 0.624. The molecule has 3 nitrogen and oxygen atoms in total. The first-order chi connectivity index (χ1) is 7.59. The topological polar surface area (TPSA) is 32.3 Å². The van der Waals surface area contributed by atoms with E-state index in [1.54, 1.807) is 0 Å². The van der Waals surface area contributed by atoms with Crippen molar-refractivity contribution in [3.63, 3.8) is 0 Å². The van der Waals surface area contributed by atoms with Gasteiger partial charge in [-0.25, -0.2) is 18.0 Å². The number of urea groups is 1. The van der Waals surface area contributed by atoms with Crippen LogP contribution in [0.4, 0.5) is 23.7 Å². The molecule has 0 saturated carbocycles. The number of amides is 2. The van der Waals surface area contributed by atoms with Crippen LogP contribution >= 0.6 is 0 Å². The van der Waals surface area contributed by atoms with Gasteiger partial charge in [0.1, 0.15) is 5.82 Å². The number of carbonyl (C=O) groups excluding carboxylic acids is 1. The van der Waals surface area contributed by atoms with E-state index in [1.807, 2.05) is 0 Å². The highest BCUT2D eigenvalue weighted by atomic mass is 19.2. The van der Waals surface area contributed by atoms with Crippen molar-refractivity contribution in [3.8, 4) is 0 Å². The predicted molar refractivity (Wildman–Crippen MR) is 51.7 cm³/mol. The molecule has 1 N–H and O–H groups in total. The molecule has 86 valence electrons. The summed E-state index contributed by atoms with van der Waals surface area (Å²) in [5, 5.41) is 2.50. The molecule has 2 rings (SSSR count). The third-order valence-electron chi connectivity index (χ3n) is 2.36. The average Bonchev–Trinajstić information content (AvgIpc) is 2.25. The lowest BCUT2D eigenvalue weighted by Gasteiger charge is -2.27. The molecular formula is C10H9F3N2O. The summed E-state index contributed by atoms with van der Waals surface area (Å²) in [5.74, 6) is -3.38. The number of nitrogens with zero attached hydrogens (tertiary/aromatic N) is 1. The highest BCUT2D eigenvalue weighted by molar-refractivity contribution is 5.92. The standard InChI is InChI=1S/C10H9F3N2O/c11-6-4-8(13)9(5-7(6)12)15-3-1-2-14-10(15)16/h4-5H,1-3H2,(H,14,16). The summed E-state index contributed by atoms with van der Waals surface area (Å²) in [7, 11) is 0. The molecule has 0 bridgehead atoms. The zero-order valence-corrected chi connectivity index (χ0v) is 8.27. The van der Waals surface area contributed by atoms with Crippen molar-refractivity contribution >= 4 is 11.7 Å². The van der Waals surface area contributed by atoms with Gasteiger partial charge < -0.3 is 5.32 Å². The second-order valence-corrected chi connectivity index (χ2v) is 3.45. The number of rotatable bonds is 1. The Balaban J connectivity index is 2.39. The van der Waals surface area contributed by atoms with E-state index in [9.17, 15) is 18.0 Å². The first kappa shape index (κ1) is 10.8. The second-order valence-electron chi connectivity index (χ2n) is 3.45. The van der Waals surface area contributed by atoms with Gasteiger partial charge in [-0.15, -0.1) is 0 Å². The van der Waals surface area contributed by atoms with E-state index in [1.165, 1.54) is 0 Å². The normalized spacial score (nSPS) is 16.2. The summed E-state index contributed by atoms with van der Waals surface area (Å²) in [5.41, 5.74) is -0.240. The smallest absolute Gasteiger partial charge is 0.321 e. The van der Waals surface area contributed by atoms with Gasteiger partial charge in [0.05, 0.1) is 5.69 Å². The highest BCUT2D eigenvalue weighted by Gasteiger charge is 2.23. The summed E-state index contributed by atoms with van der Waals surface area (Å²) in [4.78, 5) is 12.4. The van der Waals surface area contributed by atoms with E-state index in [0.717, 1.165) is 4.90 Å². The van der Waals surface area contributed by atoms with Crippen molar-refractivity contribution in [3.05, 3.63) is 29.6 Å². The molecule has 0 spiro atoms. The van der Waals surface area contributed by atoms with Gasteiger partial charge in [0.15, 0.2) is 11.6 Å². The minimum absolute atomic E-state index is 0.240. The Bertz CT molecular complexity index is 436. The largest absolute Gasteiger partial charge is 0.338 e. The maximum atomic E-state index is 13.4. The van der Waals surface area contributed by atoms with E-state index >= 15 is 0 Å². The fraction of sp³-hybridized carbons (Fsp3) is 0.300. The Kier molecular flexibility index (Phi) is 2.72. The molecule has 0 aromatic heterocycles. The molecule has 1 fully saturated rings. The molecule has 1 aliphatic heterocycles. The van der Waals surface area contributed by atoms with E-state index in [4.69, 9.17) is 0 Å². The lowest BCUT2D eigenvalue weighted by Crippen LogP contribution is -2.46. The van der Waals surface area contributed by atoms with Crippen molar-refractivity contribution < 1.29 is 18.0 Å². The fourth-order valence-electron chi connectivity index (χ4n) is 1.58. The summed E-state index contributed by atoms with van der Waals surface area (Å²) < 4.78 is 39.0. The van der Waals surface area contributed by atoms with Gasteiger partial charge in [0.2, 0.25) is 0 Å². The number of nitrogens with one attached hydrogen (secondary N) is 1. The Hall–Kier alpha value is -1.72. The molecule has 0 radical (unpaired) electrons. The van der Waals surface area contributed by atoms with Crippen molar-refractivity contribution in [2.24, 2.45) is 0 Å². The predicted octanol–water partition coefficient (Wildman–Crippen LogP) is 2.02. The SMILES string of the molecule is O=C1NCCCN1c1cc(F)c(F)cc1F. The van der Waals surface area contributed by atoms with Crippen LogP contribution in [-0.4, -0.2) is 19.1 Å². The van der Waals surface area contributed by atoms with Gasteiger partial charge in [-0.1, -0.05) is 0 Å². The second kappa shape index (κ2) is 4.03. The third kappa shape index (κ3) is 1.82. The molecule has 0 unspecified atom stereocenters. The number of hydrogen-bond donors (Lipinski definition) is 1. The van der Waals surface area contributed by atoms with Gasteiger partial charge in [0, 0.05) is 25.2 Å². The maximum absolute atomic E-state index is 13.4. The molecule has 6 heteroatoms. The molecular weight excluding hydrogens is 221 g/mol. The maximum Gasteiger partial charge on any atom is 0.321 e. The number of anilines is 1. The van der Waals surface area contributed by atoms with Gasteiger partial charge in [-0.2, -0.15) is 0 Å². The van der Waals surface area contributed by atoms with E-state index in [-0.39, 0.29) is 12.2 Å². The minimum Gasteiger partial charge on any atom is -0.338 e. The number of benzene rings is 1. The molecule has 1 saturated heterocycles. The van der Waals surface area contributed by atoms with Crippen molar-refractivity contribution in [2.75, 3.05) is 18.0 Å². The van der Waals surface area contributed by atoms with Gasteiger partial charge >= 0.3 is 6.03 Å². The van der Waals surface area contributed by atoms with Crippen LogP contribution in [0.3, 0.4) is 0 Å². The van der Waals surface area contributed by atoms with Crippen LogP contribution in [0.1, 0.15) is 6.42 Å². The van der Waals surface area contributed by atoms with E-state index in [0.29, 0.717) is 25.1 Å². The Morgan fingerprint density at radius 3 is 2.50 bits per heavy atom. The molecule has 0 atom stereocenters. The average molecular weight is 230 g/mol. The van der Waals surface area contributed by atoms with Crippen LogP contribution in [0, 0.1) is 17.5 Å². The molecule has 2 amide bonds. The van der Waals surface area contributed by atoms with Gasteiger partial charge in [-0.05, 0) is 6.42 Å². The molecule has 16 heavy (non-hydrogen) atoms. The zero-order valence-electron chi connectivity index (χ0n) is 8.27. The minimum atomic E-state index is -1.27. The van der Waals surface area contributed by atoms with Crippen LogP contribution in [-0.2, 0) is 0 Å².